The van der Waals surface area contributed by atoms with Crippen molar-refractivity contribution in [2.45, 2.75) is 0 Å². The Morgan fingerprint density at radius 1 is 0.955 bits per heavy atom. The Kier molecular flexibility index (Phi) is 3.77. The predicted molar refractivity (Wildman–Crippen MR) is 81.0 cm³/mol. The molecule has 0 radical (unpaired) electrons. The molecule has 0 saturated heterocycles. The van der Waals surface area contributed by atoms with Crippen molar-refractivity contribution in [1.82, 2.24) is 4.98 Å². The van der Waals surface area contributed by atoms with Gasteiger partial charge >= 0.3 is 0 Å². The Morgan fingerprint density at radius 3 is 2.45 bits per heavy atom. The molecule has 1 aromatic heterocycles. The Labute approximate surface area is 130 Å². The van der Waals surface area contributed by atoms with Crippen LogP contribution in [0.1, 0.15) is 15.9 Å². The third-order valence-corrected chi connectivity index (χ3v) is 3.63. The van der Waals surface area contributed by atoms with Crippen LogP contribution >= 0.6 is 11.6 Å². The fourth-order valence-electron chi connectivity index (χ4n) is 2.24. The standard InChI is InChI=1S/C17H10ClF2NO/c18-14-7-10(5-6-16(14)20)12-8-21-9-13(12)17(22)11-3-1-2-4-15(11)19/h1-9,21H. The van der Waals surface area contributed by atoms with Crippen molar-refractivity contribution in [3.05, 3.63) is 82.6 Å². The lowest BCUT2D eigenvalue weighted by Gasteiger charge is -2.06. The van der Waals surface area contributed by atoms with Crippen LogP contribution in [0.3, 0.4) is 0 Å². The molecule has 0 aliphatic carbocycles. The summed E-state index contributed by atoms with van der Waals surface area (Å²) in [5.74, 6) is -1.57. The highest BCUT2D eigenvalue weighted by atomic mass is 35.5. The van der Waals surface area contributed by atoms with E-state index in [2.05, 4.69) is 4.98 Å². The summed E-state index contributed by atoms with van der Waals surface area (Å²) in [7, 11) is 0. The van der Waals surface area contributed by atoms with Gasteiger partial charge in [-0.05, 0) is 29.8 Å². The van der Waals surface area contributed by atoms with Crippen LogP contribution in [0.15, 0.2) is 54.9 Å². The third kappa shape index (κ3) is 2.53. The minimum Gasteiger partial charge on any atom is -0.366 e. The molecular weight excluding hydrogens is 308 g/mol. The SMILES string of the molecule is O=C(c1ccccc1F)c1c[nH]cc1-c1ccc(F)c(Cl)c1. The number of benzene rings is 2. The molecule has 3 aromatic rings. The lowest BCUT2D eigenvalue weighted by atomic mass is 9.98. The predicted octanol–water partition coefficient (Wildman–Crippen LogP) is 4.84. The van der Waals surface area contributed by atoms with Gasteiger partial charge in [0.1, 0.15) is 11.6 Å². The maximum absolute atomic E-state index is 13.8. The van der Waals surface area contributed by atoms with E-state index in [4.69, 9.17) is 11.6 Å². The van der Waals surface area contributed by atoms with Gasteiger partial charge in [0, 0.05) is 23.5 Å². The van der Waals surface area contributed by atoms with E-state index in [1.165, 1.54) is 42.6 Å². The molecule has 0 aliphatic rings. The first-order chi connectivity index (χ1) is 10.6. The molecule has 0 fully saturated rings. The minimum atomic E-state index is -0.586. The van der Waals surface area contributed by atoms with Crippen molar-refractivity contribution in [3.8, 4) is 11.1 Å². The number of carbonyl (C=O) groups excluding carboxylic acids is 1. The minimum absolute atomic E-state index is 0.0171. The van der Waals surface area contributed by atoms with Gasteiger partial charge in [0.15, 0.2) is 5.78 Å². The van der Waals surface area contributed by atoms with Gasteiger partial charge in [0.05, 0.1) is 10.6 Å². The number of ketones is 1. The molecule has 0 bridgehead atoms. The van der Waals surface area contributed by atoms with Crippen LogP contribution in [0, 0.1) is 11.6 Å². The normalized spacial score (nSPS) is 10.7. The zero-order chi connectivity index (χ0) is 15.7. The van der Waals surface area contributed by atoms with Crippen LogP contribution in [-0.4, -0.2) is 10.8 Å². The monoisotopic (exact) mass is 317 g/mol. The summed E-state index contributed by atoms with van der Waals surface area (Å²) in [5, 5.41) is -0.0389. The van der Waals surface area contributed by atoms with Crippen molar-refractivity contribution >= 4 is 17.4 Å². The average Bonchev–Trinajstić information content (AvgIpc) is 2.99. The second-order valence-corrected chi connectivity index (χ2v) is 5.13. The van der Waals surface area contributed by atoms with E-state index in [1.807, 2.05) is 0 Å². The fourth-order valence-corrected chi connectivity index (χ4v) is 2.43. The van der Waals surface area contributed by atoms with Crippen molar-refractivity contribution < 1.29 is 13.6 Å². The van der Waals surface area contributed by atoms with Crippen LogP contribution < -0.4 is 0 Å². The number of carbonyl (C=O) groups is 1. The topological polar surface area (TPSA) is 32.9 Å². The van der Waals surface area contributed by atoms with Crippen molar-refractivity contribution in [2.75, 3.05) is 0 Å². The molecule has 3 rings (SSSR count). The molecular formula is C17H10ClF2NO. The summed E-state index contributed by atoms with van der Waals surface area (Å²) >= 11 is 5.77. The molecule has 1 N–H and O–H groups in total. The Balaban J connectivity index is 2.07. The Bertz CT molecular complexity index is 857. The summed E-state index contributed by atoms with van der Waals surface area (Å²) < 4.78 is 27.0. The number of H-pyrrole nitrogens is 1. The van der Waals surface area contributed by atoms with E-state index in [0.717, 1.165) is 0 Å². The first-order valence-electron chi connectivity index (χ1n) is 6.49. The van der Waals surface area contributed by atoms with Crippen LogP contribution in [0.4, 0.5) is 8.78 Å². The smallest absolute Gasteiger partial charge is 0.198 e. The van der Waals surface area contributed by atoms with Gasteiger partial charge in [-0.25, -0.2) is 8.78 Å². The van der Waals surface area contributed by atoms with Crippen LogP contribution in [-0.2, 0) is 0 Å². The van der Waals surface area contributed by atoms with Crippen molar-refractivity contribution in [3.63, 3.8) is 0 Å². The molecule has 0 saturated carbocycles. The molecule has 0 amide bonds. The molecule has 0 unspecified atom stereocenters. The molecule has 2 nitrogen and oxygen atoms in total. The van der Waals surface area contributed by atoms with Gasteiger partial charge in [0.2, 0.25) is 0 Å². The highest BCUT2D eigenvalue weighted by molar-refractivity contribution is 6.31. The molecule has 5 heteroatoms. The van der Waals surface area contributed by atoms with Gasteiger partial charge in [-0.2, -0.15) is 0 Å². The quantitative estimate of drug-likeness (QED) is 0.689. The summed E-state index contributed by atoms with van der Waals surface area (Å²) in [4.78, 5) is 15.3. The zero-order valence-electron chi connectivity index (χ0n) is 11.2. The number of hydrogen-bond donors (Lipinski definition) is 1. The van der Waals surface area contributed by atoms with Crippen molar-refractivity contribution in [1.29, 1.82) is 0 Å². The van der Waals surface area contributed by atoms with Crippen molar-refractivity contribution in [2.24, 2.45) is 0 Å². The first kappa shape index (κ1) is 14.5. The molecule has 22 heavy (non-hydrogen) atoms. The number of rotatable bonds is 3. The lowest BCUT2D eigenvalue weighted by Crippen LogP contribution is -2.04. The molecule has 0 spiro atoms. The van der Waals surface area contributed by atoms with Gasteiger partial charge < -0.3 is 4.98 Å². The van der Waals surface area contributed by atoms with Gasteiger partial charge in [-0.1, -0.05) is 29.8 Å². The largest absolute Gasteiger partial charge is 0.366 e. The second kappa shape index (κ2) is 5.73. The van der Waals surface area contributed by atoms with E-state index in [0.29, 0.717) is 16.7 Å². The van der Waals surface area contributed by atoms with Crippen LogP contribution in [0.2, 0.25) is 5.02 Å². The summed E-state index contributed by atoms with van der Waals surface area (Å²) in [6.07, 6.45) is 3.08. The van der Waals surface area contributed by atoms with Crippen LogP contribution in [0.5, 0.6) is 0 Å². The first-order valence-corrected chi connectivity index (χ1v) is 6.87. The number of hydrogen-bond acceptors (Lipinski definition) is 1. The van der Waals surface area contributed by atoms with E-state index in [9.17, 15) is 13.6 Å². The van der Waals surface area contributed by atoms with Gasteiger partial charge in [-0.3, -0.25) is 4.79 Å². The Morgan fingerprint density at radius 2 is 1.73 bits per heavy atom. The molecule has 0 aliphatic heterocycles. The summed E-state index contributed by atoms with van der Waals surface area (Å²) in [5.41, 5.74) is 1.40. The number of halogens is 3. The Hall–Kier alpha value is -2.46. The molecule has 110 valence electrons. The van der Waals surface area contributed by atoms with Gasteiger partial charge in [0.25, 0.3) is 0 Å². The lowest BCUT2D eigenvalue weighted by molar-refractivity contribution is 0.103. The average molecular weight is 318 g/mol. The van der Waals surface area contributed by atoms with E-state index in [-0.39, 0.29) is 10.6 Å². The molecule has 0 atom stereocenters. The third-order valence-electron chi connectivity index (χ3n) is 3.34. The zero-order valence-corrected chi connectivity index (χ0v) is 12.0. The maximum atomic E-state index is 13.8. The van der Waals surface area contributed by atoms with Crippen LogP contribution in [0.25, 0.3) is 11.1 Å². The van der Waals surface area contributed by atoms with Gasteiger partial charge in [-0.15, -0.1) is 0 Å². The number of nitrogens with one attached hydrogen (secondary N) is 1. The summed E-state index contributed by atoms with van der Waals surface area (Å²) in [6, 6.07) is 9.93. The van der Waals surface area contributed by atoms with E-state index in [1.54, 1.807) is 12.3 Å². The number of aromatic nitrogens is 1. The van der Waals surface area contributed by atoms with E-state index < -0.39 is 17.4 Å². The molecule has 1 heterocycles. The van der Waals surface area contributed by atoms with E-state index >= 15 is 0 Å². The molecule has 2 aromatic carbocycles. The highest BCUT2D eigenvalue weighted by Gasteiger charge is 2.19. The highest BCUT2D eigenvalue weighted by Crippen LogP contribution is 2.29. The maximum Gasteiger partial charge on any atom is 0.198 e. The fraction of sp³-hybridized carbons (Fsp3) is 0. The summed E-state index contributed by atoms with van der Waals surface area (Å²) in [6.45, 7) is 0. The second-order valence-electron chi connectivity index (χ2n) is 4.72. The number of aromatic amines is 1.